The van der Waals surface area contributed by atoms with Crippen LogP contribution in [0.3, 0.4) is 0 Å². The molecule has 0 spiro atoms. The molecule has 0 amide bonds. The Morgan fingerprint density at radius 2 is 1.55 bits per heavy atom. The van der Waals surface area contributed by atoms with Crippen LogP contribution in [-0.4, -0.2) is 18.4 Å². The first-order valence-corrected chi connectivity index (χ1v) is 6.46. The molecule has 0 aromatic heterocycles. The van der Waals surface area contributed by atoms with E-state index in [1.807, 2.05) is 13.8 Å². The SMILES string of the molecule is CCc1c(C)c(C)c(C)c(C(C)(O)C(F)(F)F)c1OC. The standard InChI is InChI=1S/C15H21F3O2/c1-7-11-9(3)8(2)10(4)12(13(11)20-6)14(5,19)15(16,17)18/h19H,7H2,1-6H3. The molecule has 0 radical (unpaired) electrons. The first-order valence-electron chi connectivity index (χ1n) is 6.46. The van der Waals surface area contributed by atoms with E-state index in [1.165, 1.54) is 7.11 Å². The van der Waals surface area contributed by atoms with Crippen molar-refractivity contribution >= 4 is 0 Å². The fourth-order valence-corrected chi connectivity index (χ4v) is 2.57. The second-order valence-electron chi connectivity index (χ2n) is 5.19. The molecule has 0 saturated carbocycles. The van der Waals surface area contributed by atoms with Crippen molar-refractivity contribution in [2.45, 2.75) is 52.8 Å². The van der Waals surface area contributed by atoms with Crippen molar-refractivity contribution in [1.29, 1.82) is 0 Å². The van der Waals surface area contributed by atoms with Crippen LogP contribution in [0, 0.1) is 20.8 Å². The van der Waals surface area contributed by atoms with Gasteiger partial charge in [0.2, 0.25) is 0 Å². The number of hydrogen-bond acceptors (Lipinski definition) is 2. The molecule has 1 unspecified atom stereocenters. The Balaban J connectivity index is 3.83. The number of alkyl halides is 3. The predicted octanol–water partition coefficient (Wildman–Crippen LogP) is 3.95. The quantitative estimate of drug-likeness (QED) is 0.913. The number of rotatable bonds is 3. The molecule has 0 aliphatic carbocycles. The maximum absolute atomic E-state index is 13.2. The minimum atomic E-state index is -4.77. The summed E-state index contributed by atoms with van der Waals surface area (Å²) >= 11 is 0. The summed E-state index contributed by atoms with van der Waals surface area (Å²) in [5, 5.41) is 10.0. The molecule has 0 aliphatic rings. The Bertz CT molecular complexity index is 517. The van der Waals surface area contributed by atoms with E-state index in [-0.39, 0.29) is 11.3 Å². The van der Waals surface area contributed by atoms with Crippen molar-refractivity contribution in [1.82, 2.24) is 0 Å². The van der Waals surface area contributed by atoms with Crippen LogP contribution in [0.4, 0.5) is 13.2 Å². The van der Waals surface area contributed by atoms with Crippen molar-refractivity contribution in [3.05, 3.63) is 27.8 Å². The molecule has 1 atom stereocenters. The highest BCUT2D eigenvalue weighted by Crippen LogP contribution is 2.47. The molecule has 20 heavy (non-hydrogen) atoms. The van der Waals surface area contributed by atoms with Gasteiger partial charge in [-0.05, 0) is 56.4 Å². The third kappa shape index (κ3) is 2.39. The minimum absolute atomic E-state index is 0.135. The summed E-state index contributed by atoms with van der Waals surface area (Å²) in [7, 11) is 1.33. The van der Waals surface area contributed by atoms with Gasteiger partial charge in [-0.15, -0.1) is 0 Å². The van der Waals surface area contributed by atoms with Crippen molar-refractivity contribution < 1.29 is 23.0 Å². The lowest BCUT2D eigenvalue weighted by atomic mass is 9.83. The number of methoxy groups -OCH3 is 1. The van der Waals surface area contributed by atoms with E-state index in [0.717, 1.165) is 18.1 Å². The van der Waals surface area contributed by atoms with Gasteiger partial charge in [0.25, 0.3) is 0 Å². The number of benzene rings is 1. The predicted molar refractivity (Wildman–Crippen MR) is 72.2 cm³/mol. The maximum Gasteiger partial charge on any atom is 0.421 e. The highest BCUT2D eigenvalue weighted by molar-refractivity contribution is 5.57. The van der Waals surface area contributed by atoms with Crippen molar-refractivity contribution in [3.63, 3.8) is 0 Å². The molecule has 1 N–H and O–H groups in total. The Hall–Kier alpha value is -1.23. The van der Waals surface area contributed by atoms with Gasteiger partial charge < -0.3 is 9.84 Å². The summed E-state index contributed by atoms with van der Waals surface area (Å²) in [6.07, 6.45) is -4.23. The smallest absolute Gasteiger partial charge is 0.421 e. The van der Waals surface area contributed by atoms with Crippen LogP contribution in [0.5, 0.6) is 5.75 Å². The molecule has 1 aromatic rings. The highest BCUT2D eigenvalue weighted by Gasteiger charge is 2.53. The summed E-state index contributed by atoms with van der Waals surface area (Å²) in [4.78, 5) is 0. The van der Waals surface area contributed by atoms with E-state index in [1.54, 1.807) is 13.8 Å². The van der Waals surface area contributed by atoms with E-state index in [0.29, 0.717) is 17.5 Å². The molecule has 0 bridgehead atoms. The Morgan fingerprint density at radius 1 is 1.05 bits per heavy atom. The number of aliphatic hydroxyl groups is 1. The minimum Gasteiger partial charge on any atom is -0.496 e. The second-order valence-corrected chi connectivity index (χ2v) is 5.19. The molecule has 0 heterocycles. The zero-order chi connectivity index (χ0) is 15.9. The summed E-state index contributed by atoms with van der Waals surface area (Å²) in [5.74, 6) is 0.135. The number of hydrogen-bond donors (Lipinski definition) is 1. The van der Waals surface area contributed by atoms with Gasteiger partial charge in [-0.3, -0.25) is 0 Å². The van der Waals surface area contributed by atoms with E-state index in [2.05, 4.69) is 0 Å². The normalized spacial score (nSPS) is 15.1. The van der Waals surface area contributed by atoms with Gasteiger partial charge in [0.05, 0.1) is 7.11 Å². The molecule has 2 nitrogen and oxygen atoms in total. The fraction of sp³-hybridized carbons (Fsp3) is 0.600. The second kappa shape index (κ2) is 5.28. The van der Waals surface area contributed by atoms with E-state index < -0.39 is 11.8 Å². The lowest BCUT2D eigenvalue weighted by molar-refractivity contribution is -0.259. The average Bonchev–Trinajstić information content (AvgIpc) is 2.33. The van der Waals surface area contributed by atoms with Crippen LogP contribution >= 0.6 is 0 Å². The monoisotopic (exact) mass is 290 g/mol. The van der Waals surface area contributed by atoms with Gasteiger partial charge in [0.15, 0.2) is 5.60 Å². The molecule has 0 saturated heterocycles. The van der Waals surface area contributed by atoms with E-state index in [9.17, 15) is 18.3 Å². The summed E-state index contributed by atoms with van der Waals surface area (Å²) in [5.41, 5.74) is -0.350. The van der Waals surface area contributed by atoms with Gasteiger partial charge in [-0.2, -0.15) is 13.2 Å². The summed E-state index contributed by atoms with van der Waals surface area (Å²) in [6, 6.07) is 0. The zero-order valence-electron chi connectivity index (χ0n) is 12.7. The van der Waals surface area contributed by atoms with Gasteiger partial charge in [0.1, 0.15) is 5.75 Å². The van der Waals surface area contributed by atoms with Crippen molar-refractivity contribution in [2.75, 3.05) is 7.11 Å². The number of ether oxygens (including phenoxy) is 1. The summed E-state index contributed by atoms with van der Waals surface area (Å²) < 4.78 is 44.7. The van der Waals surface area contributed by atoms with Crippen LogP contribution in [-0.2, 0) is 12.0 Å². The third-order valence-electron chi connectivity index (χ3n) is 4.05. The third-order valence-corrected chi connectivity index (χ3v) is 4.05. The van der Waals surface area contributed by atoms with E-state index >= 15 is 0 Å². The molecular formula is C15H21F3O2. The van der Waals surface area contributed by atoms with Gasteiger partial charge >= 0.3 is 6.18 Å². The average molecular weight is 290 g/mol. The fourth-order valence-electron chi connectivity index (χ4n) is 2.57. The lowest BCUT2D eigenvalue weighted by Gasteiger charge is -2.32. The zero-order valence-corrected chi connectivity index (χ0v) is 12.7. The maximum atomic E-state index is 13.2. The Morgan fingerprint density at radius 3 is 1.90 bits per heavy atom. The van der Waals surface area contributed by atoms with Crippen LogP contribution in [0.15, 0.2) is 0 Å². The van der Waals surface area contributed by atoms with Crippen LogP contribution in [0.25, 0.3) is 0 Å². The summed E-state index contributed by atoms with van der Waals surface area (Å²) in [6.45, 7) is 7.83. The molecule has 1 aromatic carbocycles. The lowest BCUT2D eigenvalue weighted by Crippen LogP contribution is -2.40. The van der Waals surface area contributed by atoms with Crippen LogP contribution < -0.4 is 4.74 Å². The molecule has 114 valence electrons. The first kappa shape index (κ1) is 16.8. The number of halogens is 3. The Labute approximate surface area is 117 Å². The van der Waals surface area contributed by atoms with Gasteiger partial charge in [-0.25, -0.2) is 0 Å². The van der Waals surface area contributed by atoms with E-state index in [4.69, 9.17) is 4.74 Å². The molecule has 1 rings (SSSR count). The topological polar surface area (TPSA) is 29.5 Å². The molecule has 0 fully saturated rings. The van der Waals surface area contributed by atoms with Crippen molar-refractivity contribution in [2.24, 2.45) is 0 Å². The van der Waals surface area contributed by atoms with Crippen molar-refractivity contribution in [3.8, 4) is 5.75 Å². The molecule has 0 aliphatic heterocycles. The highest BCUT2D eigenvalue weighted by atomic mass is 19.4. The largest absolute Gasteiger partial charge is 0.496 e. The van der Waals surface area contributed by atoms with Gasteiger partial charge in [-0.1, -0.05) is 6.92 Å². The van der Waals surface area contributed by atoms with Crippen LogP contribution in [0.2, 0.25) is 0 Å². The molecular weight excluding hydrogens is 269 g/mol. The molecule has 5 heteroatoms. The first-order chi connectivity index (χ1) is 9.00. The Kier molecular flexibility index (Phi) is 4.44. The van der Waals surface area contributed by atoms with Gasteiger partial charge in [0, 0.05) is 5.56 Å². The van der Waals surface area contributed by atoms with Crippen LogP contribution in [0.1, 0.15) is 41.7 Å².